The van der Waals surface area contributed by atoms with E-state index < -0.39 is 32.7 Å². The van der Waals surface area contributed by atoms with E-state index in [1.165, 1.54) is 6.92 Å². The molecule has 0 spiro atoms. The molecule has 0 heterocycles. The Labute approximate surface area is 125 Å². The summed E-state index contributed by atoms with van der Waals surface area (Å²) in [6, 6.07) is 1.53. The van der Waals surface area contributed by atoms with Crippen molar-refractivity contribution in [3.8, 4) is 0 Å². The van der Waals surface area contributed by atoms with Gasteiger partial charge in [0, 0.05) is 17.6 Å². The molecule has 0 amide bonds. The summed E-state index contributed by atoms with van der Waals surface area (Å²) in [4.78, 5) is -0.548. The zero-order valence-electron chi connectivity index (χ0n) is 10.2. The monoisotopic (exact) mass is 352 g/mol. The van der Waals surface area contributed by atoms with Gasteiger partial charge in [0.05, 0.1) is 10.5 Å². The maximum Gasteiger partial charge on any atom is 0.416 e. The summed E-state index contributed by atoms with van der Waals surface area (Å²) < 4.78 is 63.5. The van der Waals surface area contributed by atoms with Crippen molar-refractivity contribution in [1.82, 2.24) is 4.72 Å². The first-order chi connectivity index (χ1) is 8.56. The summed E-state index contributed by atoms with van der Waals surface area (Å²) in [6.07, 6.45) is -4.67. The van der Waals surface area contributed by atoms with E-state index in [1.807, 2.05) is 0 Å². The number of benzene rings is 1. The van der Waals surface area contributed by atoms with Crippen LogP contribution >= 0.6 is 24.0 Å². The number of halogens is 5. The Morgan fingerprint density at radius 1 is 1.35 bits per heavy atom. The standard InChI is InChI=1S/C10H12ClF3N2O2S.ClH/c1-6(5-15)16-19(17,18)9-3-7(10(12,13)14)2-8(11)4-9;/h2-4,6,16H,5,15H2,1H3;1H/t6-;/m0./s1. The predicted molar refractivity (Wildman–Crippen MR) is 72.5 cm³/mol. The molecule has 0 radical (unpaired) electrons. The van der Waals surface area contributed by atoms with Crippen molar-refractivity contribution in [3.05, 3.63) is 28.8 Å². The molecule has 116 valence electrons. The smallest absolute Gasteiger partial charge is 0.329 e. The molecule has 10 heteroatoms. The largest absolute Gasteiger partial charge is 0.416 e. The van der Waals surface area contributed by atoms with E-state index in [2.05, 4.69) is 4.72 Å². The van der Waals surface area contributed by atoms with Crippen LogP contribution in [0.1, 0.15) is 12.5 Å². The fourth-order valence-electron chi connectivity index (χ4n) is 1.26. The van der Waals surface area contributed by atoms with Crippen LogP contribution in [0, 0.1) is 0 Å². The van der Waals surface area contributed by atoms with Crippen LogP contribution in [0.2, 0.25) is 5.02 Å². The summed E-state index contributed by atoms with van der Waals surface area (Å²) in [7, 11) is -4.09. The van der Waals surface area contributed by atoms with Crippen LogP contribution in [0.5, 0.6) is 0 Å². The zero-order chi connectivity index (χ0) is 14.8. The number of sulfonamides is 1. The van der Waals surface area contributed by atoms with E-state index in [4.69, 9.17) is 17.3 Å². The van der Waals surface area contributed by atoms with Crippen molar-refractivity contribution in [2.45, 2.75) is 24.0 Å². The lowest BCUT2D eigenvalue weighted by atomic mass is 10.2. The van der Waals surface area contributed by atoms with Gasteiger partial charge in [-0.2, -0.15) is 13.2 Å². The molecular formula is C10H13Cl2F3N2O2S. The molecule has 0 aliphatic carbocycles. The van der Waals surface area contributed by atoms with Gasteiger partial charge in [-0.25, -0.2) is 13.1 Å². The molecule has 1 aromatic rings. The second-order valence-electron chi connectivity index (χ2n) is 3.93. The maximum absolute atomic E-state index is 12.6. The van der Waals surface area contributed by atoms with E-state index in [9.17, 15) is 21.6 Å². The first-order valence-electron chi connectivity index (χ1n) is 5.16. The van der Waals surface area contributed by atoms with Crippen LogP contribution in [0.3, 0.4) is 0 Å². The van der Waals surface area contributed by atoms with Crippen molar-refractivity contribution >= 4 is 34.0 Å². The van der Waals surface area contributed by atoms with Gasteiger partial charge in [-0.15, -0.1) is 12.4 Å². The van der Waals surface area contributed by atoms with Crippen LogP contribution in [0.4, 0.5) is 13.2 Å². The minimum absolute atomic E-state index is 0. The fraction of sp³-hybridized carbons (Fsp3) is 0.400. The van der Waals surface area contributed by atoms with Crippen molar-refractivity contribution in [2.75, 3.05) is 6.54 Å². The van der Waals surface area contributed by atoms with Gasteiger partial charge >= 0.3 is 6.18 Å². The average Bonchev–Trinajstić information content (AvgIpc) is 2.26. The van der Waals surface area contributed by atoms with E-state index in [0.717, 1.165) is 6.07 Å². The molecule has 0 saturated heterocycles. The second kappa shape index (κ2) is 6.95. The SMILES string of the molecule is C[C@@H](CN)NS(=O)(=O)c1cc(Cl)cc(C(F)(F)F)c1.Cl. The summed E-state index contributed by atoms with van der Waals surface area (Å²) in [5.74, 6) is 0. The van der Waals surface area contributed by atoms with Gasteiger partial charge < -0.3 is 5.73 Å². The molecule has 0 aliphatic heterocycles. The molecule has 0 unspecified atom stereocenters. The van der Waals surface area contributed by atoms with Crippen LogP contribution in [0.25, 0.3) is 0 Å². The van der Waals surface area contributed by atoms with Gasteiger partial charge in [-0.1, -0.05) is 11.6 Å². The van der Waals surface area contributed by atoms with Gasteiger partial charge in [0.2, 0.25) is 10.0 Å². The Balaban J connectivity index is 0.00000361. The highest BCUT2D eigenvalue weighted by molar-refractivity contribution is 7.89. The number of hydrogen-bond donors (Lipinski definition) is 2. The third kappa shape index (κ3) is 5.10. The third-order valence-corrected chi connectivity index (χ3v) is 4.01. The average molecular weight is 353 g/mol. The first kappa shape index (κ1) is 19.5. The maximum atomic E-state index is 12.6. The number of alkyl halides is 3. The molecule has 0 aromatic heterocycles. The quantitative estimate of drug-likeness (QED) is 0.873. The fourth-order valence-corrected chi connectivity index (χ4v) is 2.89. The normalized spacial score (nSPS) is 13.7. The number of hydrogen-bond acceptors (Lipinski definition) is 3. The summed E-state index contributed by atoms with van der Waals surface area (Å²) in [5, 5.41) is -0.310. The molecule has 1 rings (SSSR count). The molecule has 1 atom stereocenters. The number of nitrogens with one attached hydrogen (secondary N) is 1. The topological polar surface area (TPSA) is 72.2 Å². The highest BCUT2D eigenvalue weighted by Gasteiger charge is 2.32. The Kier molecular flexibility index (Phi) is 6.76. The highest BCUT2D eigenvalue weighted by atomic mass is 35.5. The van der Waals surface area contributed by atoms with Crippen molar-refractivity contribution < 1.29 is 21.6 Å². The highest BCUT2D eigenvalue weighted by Crippen LogP contribution is 2.32. The summed E-state index contributed by atoms with van der Waals surface area (Å²) in [6.45, 7) is 1.51. The number of rotatable bonds is 4. The minimum Gasteiger partial charge on any atom is -0.329 e. The van der Waals surface area contributed by atoms with E-state index >= 15 is 0 Å². The van der Waals surface area contributed by atoms with Crippen molar-refractivity contribution in [3.63, 3.8) is 0 Å². The molecular weight excluding hydrogens is 340 g/mol. The Bertz CT molecular complexity index is 564. The van der Waals surface area contributed by atoms with Gasteiger partial charge in [-0.3, -0.25) is 0 Å². The lowest BCUT2D eigenvalue weighted by Crippen LogP contribution is -2.37. The second-order valence-corrected chi connectivity index (χ2v) is 6.08. The molecule has 0 fully saturated rings. The summed E-state index contributed by atoms with van der Waals surface area (Å²) in [5.41, 5.74) is 4.13. The Hall–Kier alpha value is -0.540. The molecule has 0 bridgehead atoms. The molecule has 0 aliphatic rings. The van der Waals surface area contributed by atoms with Crippen LogP contribution < -0.4 is 10.5 Å². The van der Waals surface area contributed by atoms with Crippen LogP contribution in [0.15, 0.2) is 23.1 Å². The molecule has 4 nitrogen and oxygen atoms in total. The van der Waals surface area contributed by atoms with Crippen molar-refractivity contribution in [2.24, 2.45) is 5.73 Å². The number of nitrogens with two attached hydrogens (primary N) is 1. The molecule has 3 N–H and O–H groups in total. The first-order valence-corrected chi connectivity index (χ1v) is 7.02. The van der Waals surface area contributed by atoms with Gasteiger partial charge in [0.1, 0.15) is 0 Å². The zero-order valence-corrected chi connectivity index (χ0v) is 12.6. The van der Waals surface area contributed by atoms with E-state index in [1.54, 1.807) is 0 Å². The lowest BCUT2D eigenvalue weighted by Gasteiger charge is -2.14. The van der Waals surface area contributed by atoms with E-state index in [-0.39, 0.29) is 24.0 Å². The Morgan fingerprint density at radius 3 is 2.35 bits per heavy atom. The summed E-state index contributed by atoms with van der Waals surface area (Å²) >= 11 is 5.52. The predicted octanol–water partition coefficient (Wildman–Crippen LogP) is 2.41. The van der Waals surface area contributed by atoms with Gasteiger partial charge in [0.25, 0.3) is 0 Å². The van der Waals surface area contributed by atoms with Gasteiger partial charge in [0.15, 0.2) is 0 Å². The molecule has 20 heavy (non-hydrogen) atoms. The minimum atomic E-state index is -4.67. The van der Waals surface area contributed by atoms with Crippen LogP contribution in [-0.2, 0) is 16.2 Å². The Morgan fingerprint density at radius 2 is 1.90 bits per heavy atom. The molecule has 0 saturated carbocycles. The van der Waals surface area contributed by atoms with E-state index in [0.29, 0.717) is 12.1 Å². The van der Waals surface area contributed by atoms with Gasteiger partial charge in [-0.05, 0) is 25.1 Å². The third-order valence-electron chi connectivity index (χ3n) is 2.22. The molecule has 1 aromatic carbocycles. The lowest BCUT2D eigenvalue weighted by molar-refractivity contribution is -0.137. The van der Waals surface area contributed by atoms with Crippen molar-refractivity contribution in [1.29, 1.82) is 0 Å². The van der Waals surface area contributed by atoms with Crippen LogP contribution in [-0.4, -0.2) is 21.0 Å².